The Kier molecular flexibility index (Phi) is 5.82. The van der Waals surface area contributed by atoms with Crippen LogP contribution in [-0.4, -0.2) is 42.3 Å². The topological polar surface area (TPSA) is 88.5 Å². The second-order valence-electron chi connectivity index (χ2n) is 6.11. The number of pyridine rings is 1. The van der Waals surface area contributed by atoms with Crippen LogP contribution in [-0.2, 0) is 21.4 Å². The molecular formula is C16H25N3O4S. The molecule has 1 saturated carbocycles. The average Bonchev–Trinajstić information content (AvgIpc) is 3.35. The Morgan fingerprint density at radius 2 is 1.96 bits per heavy atom. The largest absolute Gasteiger partial charge is 0.352 e. The number of sulfonamides is 1. The van der Waals surface area contributed by atoms with Gasteiger partial charge in [0.2, 0.25) is 15.9 Å². The summed E-state index contributed by atoms with van der Waals surface area (Å²) >= 11 is 0. The van der Waals surface area contributed by atoms with Crippen molar-refractivity contribution in [3.8, 4) is 0 Å². The van der Waals surface area contributed by atoms with Gasteiger partial charge in [-0.1, -0.05) is 13.8 Å². The summed E-state index contributed by atoms with van der Waals surface area (Å²) in [4.78, 5) is 24.1. The van der Waals surface area contributed by atoms with E-state index in [0.717, 1.165) is 17.4 Å². The Balaban J connectivity index is 2.19. The summed E-state index contributed by atoms with van der Waals surface area (Å²) in [5, 5.41) is 2.86. The first kappa shape index (κ1) is 18.7. The van der Waals surface area contributed by atoms with Crippen LogP contribution in [0.4, 0.5) is 0 Å². The SMILES string of the molecule is CCN(CC)S(=O)(=O)c1ccc(=O)n(CC(=O)N[C@H](C)C2CC2)c1. The Bertz CT molecular complexity index is 749. The van der Waals surface area contributed by atoms with Crippen molar-refractivity contribution in [2.75, 3.05) is 13.1 Å². The fourth-order valence-corrected chi connectivity index (χ4v) is 4.14. The molecule has 0 radical (unpaired) electrons. The Labute approximate surface area is 142 Å². The van der Waals surface area contributed by atoms with E-state index in [1.807, 2.05) is 6.92 Å². The minimum absolute atomic E-state index is 0.0221. The Morgan fingerprint density at radius 3 is 2.50 bits per heavy atom. The molecule has 1 aliphatic rings. The smallest absolute Gasteiger partial charge is 0.251 e. The van der Waals surface area contributed by atoms with Gasteiger partial charge in [-0.3, -0.25) is 9.59 Å². The van der Waals surface area contributed by atoms with Crippen LogP contribution in [0.2, 0.25) is 0 Å². The number of nitrogens with zero attached hydrogens (tertiary/aromatic N) is 2. The fourth-order valence-electron chi connectivity index (χ4n) is 2.67. The van der Waals surface area contributed by atoms with Gasteiger partial charge in [0.15, 0.2) is 0 Å². The first-order chi connectivity index (χ1) is 11.3. The summed E-state index contributed by atoms with van der Waals surface area (Å²) in [6.07, 6.45) is 3.47. The highest BCUT2D eigenvalue weighted by atomic mass is 32.2. The van der Waals surface area contributed by atoms with Gasteiger partial charge in [-0.05, 0) is 31.7 Å². The maximum Gasteiger partial charge on any atom is 0.251 e. The van der Waals surface area contributed by atoms with Crippen LogP contribution in [0.1, 0.15) is 33.6 Å². The van der Waals surface area contributed by atoms with Crippen molar-refractivity contribution in [1.29, 1.82) is 0 Å². The lowest BCUT2D eigenvalue weighted by Gasteiger charge is -2.19. The molecule has 1 aliphatic carbocycles. The zero-order valence-electron chi connectivity index (χ0n) is 14.4. The molecule has 1 atom stereocenters. The standard InChI is InChI=1S/C16H25N3O4S/c1-4-19(5-2)24(22,23)14-8-9-16(21)18(10-14)11-15(20)17-12(3)13-6-7-13/h8-10,12-13H,4-7,11H2,1-3H3,(H,17,20)/t12-/m1/s1. The van der Waals surface area contributed by atoms with Crippen LogP contribution in [0.25, 0.3) is 0 Å². The number of amides is 1. The summed E-state index contributed by atoms with van der Waals surface area (Å²) in [5.74, 6) is 0.230. The van der Waals surface area contributed by atoms with Crippen molar-refractivity contribution < 1.29 is 13.2 Å². The number of hydrogen-bond acceptors (Lipinski definition) is 4. The van der Waals surface area contributed by atoms with Crippen LogP contribution in [0, 0.1) is 5.92 Å². The van der Waals surface area contributed by atoms with E-state index in [2.05, 4.69) is 5.32 Å². The van der Waals surface area contributed by atoms with E-state index in [1.165, 1.54) is 22.6 Å². The molecule has 1 N–H and O–H groups in total. The molecule has 24 heavy (non-hydrogen) atoms. The second kappa shape index (κ2) is 7.48. The number of hydrogen-bond donors (Lipinski definition) is 1. The minimum Gasteiger partial charge on any atom is -0.352 e. The molecule has 134 valence electrons. The van der Waals surface area contributed by atoms with Gasteiger partial charge >= 0.3 is 0 Å². The summed E-state index contributed by atoms with van der Waals surface area (Å²) in [5.41, 5.74) is -0.400. The van der Waals surface area contributed by atoms with E-state index in [-0.39, 0.29) is 23.4 Å². The number of aromatic nitrogens is 1. The predicted octanol–water partition coefficient (Wildman–Crippen LogP) is 0.794. The molecule has 0 aromatic carbocycles. The molecule has 1 fully saturated rings. The molecule has 0 unspecified atom stereocenters. The maximum absolute atomic E-state index is 12.5. The highest BCUT2D eigenvalue weighted by Gasteiger charge is 2.29. The van der Waals surface area contributed by atoms with Crippen LogP contribution >= 0.6 is 0 Å². The summed E-state index contributed by atoms with van der Waals surface area (Å²) in [6, 6.07) is 2.56. The number of carbonyl (C=O) groups excluding carboxylic acids is 1. The van der Waals surface area contributed by atoms with E-state index < -0.39 is 15.6 Å². The van der Waals surface area contributed by atoms with Crippen molar-refractivity contribution in [3.63, 3.8) is 0 Å². The van der Waals surface area contributed by atoms with E-state index in [1.54, 1.807) is 13.8 Å². The number of nitrogens with one attached hydrogen (secondary N) is 1. The quantitative estimate of drug-likeness (QED) is 0.747. The average molecular weight is 355 g/mol. The minimum atomic E-state index is -3.66. The van der Waals surface area contributed by atoms with Gasteiger partial charge in [-0.15, -0.1) is 0 Å². The van der Waals surface area contributed by atoms with Gasteiger partial charge in [-0.2, -0.15) is 4.31 Å². The zero-order valence-corrected chi connectivity index (χ0v) is 15.2. The molecule has 1 aromatic rings. The monoisotopic (exact) mass is 355 g/mol. The lowest BCUT2D eigenvalue weighted by Crippen LogP contribution is -2.38. The van der Waals surface area contributed by atoms with E-state index in [0.29, 0.717) is 19.0 Å². The first-order valence-electron chi connectivity index (χ1n) is 8.29. The zero-order chi connectivity index (χ0) is 17.9. The lowest BCUT2D eigenvalue weighted by molar-refractivity contribution is -0.122. The molecule has 0 bridgehead atoms. The van der Waals surface area contributed by atoms with Crippen molar-refractivity contribution in [1.82, 2.24) is 14.2 Å². The fraction of sp³-hybridized carbons (Fsp3) is 0.625. The third-order valence-electron chi connectivity index (χ3n) is 4.33. The van der Waals surface area contributed by atoms with Gasteiger partial charge in [0.25, 0.3) is 5.56 Å². The normalized spacial score (nSPS) is 16.2. The maximum atomic E-state index is 12.5. The molecule has 7 nitrogen and oxygen atoms in total. The number of rotatable bonds is 8. The molecule has 8 heteroatoms. The van der Waals surface area contributed by atoms with Gasteiger partial charge in [0.1, 0.15) is 6.54 Å². The molecule has 2 rings (SSSR count). The first-order valence-corrected chi connectivity index (χ1v) is 9.73. The molecule has 1 amide bonds. The Morgan fingerprint density at radius 1 is 1.33 bits per heavy atom. The molecule has 0 aliphatic heterocycles. The lowest BCUT2D eigenvalue weighted by atomic mass is 10.2. The van der Waals surface area contributed by atoms with Gasteiger partial charge < -0.3 is 9.88 Å². The van der Waals surface area contributed by atoms with Gasteiger partial charge in [0.05, 0.1) is 4.90 Å². The van der Waals surface area contributed by atoms with Crippen LogP contribution in [0.15, 0.2) is 28.0 Å². The molecule has 0 spiro atoms. The highest BCUT2D eigenvalue weighted by Crippen LogP contribution is 2.32. The van der Waals surface area contributed by atoms with E-state index in [4.69, 9.17) is 0 Å². The van der Waals surface area contributed by atoms with Crippen molar-refractivity contribution >= 4 is 15.9 Å². The number of carbonyl (C=O) groups is 1. The Hall–Kier alpha value is -1.67. The summed E-state index contributed by atoms with van der Waals surface area (Å²) < 4.78 is 27.5. The van der Waals surface area contributed by atoms with Crippen molar-refractivity contribution in [2.45, 2.75) is 51.1 Å². The van der Waals surface area contributed by atoms with E-state index in [9.17, 15) is 18.0 Å². The van der Waals surface area contributed by atoms with Gasteiger partial charge in [0, 0.05) is 31.4 Å². The molecular weight excluding hydrogens is 330 g/mol. The second-order valence-corrected chi connectivity index (χ2v) is 8.05. The predicted molar refractivity (Wildman–Crippen MR) is 91.1 cm³/mol. The highest BCUT2D eigenvalue weighted by molar-refractivity contribution is 7.89. The molecule has 1 heterocycles. The molecule has 1 aromatic heterocycles. The van der Waals surface area contributed by atoms with Crippen molar-refractivity contribution in [2.24, 2.45) is 5.92 Å². The van der Waals surface area contributed by atoms with Crippen LogP contribution in [0.5, 0.6) is 0 Å². The van der Waals surface area contributed by atoms with Gasteiger partial charge in [-0.25, -0.2) is 8.42 Å². The summed E-state index contributed by atoms with van der Waals surface area (Å²) in [6.45, 7) is 5.96. The van der Waals surface area contributed by atoms with Crippen LogP contribution < -0.4 is 10.9 Å². The van der Waals surface area contributed by atoms with Crippen LogP contribution in [0.3, 0.4) is 0 Å². The van der Waals surface area contributed by atoms with Crippen molar-refractivity contribution in [3.05, 3.63) is 28.7 Å². The van der Waals surface area contributed by atoms with E-state index >= 15 is 0 Å². The molecule has 0 saturated heterocycles. The third-order valence-corrected chi connectivity index (χ3v) is 6.36. The summed E-state index contributed by atoms with van der Waals surface area (Å²) in [7, 11) is -3.66. The third kappa shape index (κ3) is 4.24.